The zero-order valence-electron chi connectivity index (χ0n) is 12.5. The molecule has 2 N–H and O–H groups in total. The van der Waals surface area contributed by atoms with Crippen LogP contribution in [-0.2, 0) is 6.42 Å². The number of aryl methyl sites for hydroxylation is 1. The quantitative estimate of drug-likeness (QED) is 0.727. The Labute approximate surface area is 143 Å². The van der Waals surface area contributed by atoms with Gasteiger partial charge in [-0.25, -0.2) is 9.66 Å². The van der Waals surface area contributed by atoms with Crippen LogP contribution in [-0.4, -0.2) is 9.66 Å². The van der Waals surface area contributed by atoms with E-state index in [4.69, 9.17) is 29.0 Å². The van der Waals surface area contributed by atoms with Gasteiger partial charge in [-0.2, -0.15) is 0 Å². The van der Waals surface area contributed by atoms with Gasteiger partial charge in [-0.05, 0) is 24.1 Å². The number of hydrogen-bond donors (Lipinski definition) is 1. The minimum absolute atomic E-state index is 0.302. The van der Waals surface area contributed by atoms with Crippen molar-refractivity contribution in [2.24, 2.45) is 0 Å². The Morgan fingerprint density at radius 1 is 1.17 bits per heavy atom. The number of aromatic nitrogens is 2. The average Bonchev–Trinajstić information content (AvgIpc) is 2.53. The molecule has 0 saturated heterocycles. The van der Waals surface area contributed by atoms with Crippen LogP contribution in [0, 0.1) is 0 Å². The van der Waals surface area contributed by atoms with Gasteiger partial charge in [-0.15, -0.1) is 0 Å². The van der Waals surface area contributed by atoms with Crippen molar-refractivity contribution in [1.29, 1.82) is 0 Å². The normalized spacial score (nSPS) is 11.1. The monoisotopic (exact) mass is 347 g/mol. The molecule has 0 amide bonds. The van der Waals surface area contributed by atoms with E-state index in [1.54, 1.807) is 6.07 Å². The van der Waals surface area contributed by atoms with Gasteiger partial charge in [-0.3, -0.25) is 4.79 Å². The molecular weight excluding hydrogens is 333 g/mol. The van der Waals surface area contributed by atoms with Crippen molar-refractivity contribution in [2.75, 3.05) is 5.84 Å². The smallest absolute Gasteiger partial charge is 0.280 e. The molecular formula is C17H15Cl2N3O. The van der Waals surface area contributed by atoms with Crippen molar-refractivity contribution in [3.8, 4) is 11.4 Å². The van der Waals surface area contributed by atoms with Crippen LogP contribution in [0.2, 0.25) is 10.0 Å². The number of halogens is 2. The molecule has 1 aromatic heterocycles. The third-order valence-corrected chi connectivity index (χ3v) is 4.18. The molecule has 23 heavy (non-hydrogen) atoms. The van der Waals surface area contributed by atoms with E-state index in [1.165, 1.54) is 11.6 Å². The fourth-order valence-electron chi connectivity index (χ4n) is 2.54. The van der Waals surface area contributed by atoms with Crippen LogP contribution in [0.3, 0.4) is 0 Å². The number of rotatable bonds is 3. The van der Waals surface area contributed by atoms with Crippen LogP contribution in [0.1, 0.15) is 18.9 Å². The predicted molar refractivity (Wildman–Crippen MR) is 95.6 cm³/mol. The second-order valence-electron chi connectivity index (χ2n) is 5.34. The Kier molecular flexibility index (Phi) is 4.28. The first-order valence-corrected chi connectivity index (χ1v) is 8.03. The van der Waals surface area contributed by atoms with Gasteiger partial charge >= 0.3 is 0 Å². The maximum absolute atomic E-state index is 12.5. The van der Waals surface area contributed by atoms with E-state index in [2.05, 4.69) is 11.9 Å². The van der Waals surface area contributed by atoms with E-state index in [0.717, 1.165) is 23.1 Å². The lowest BCUT2D eigenvalue weighted by Gasteiger charge is -2.10. The van der Waals surface area contributed by atoms with E-state index in [0.29, 0.717) is 26.8 Å². The van der Waals surface area contributed by atoms with Gasteiger partial charge in [0.1, 0.15) is 0 Å². The standard InChI is InChI=1S/C17H15Cl2N3O/c1-2-3-10-4-6-11(7-5-10)16-21-15-13(17(23)22(16)20)8-12(18)9-14(15)19/h4-9H,2-3,20H2,1H3. The zero-order valence-corrected chi connectivity index (χ0v) is 14.0. The van der Waals surface area contributed by atoms with Crippen molar-refractivity contribution in [3.05, 3.63) is 62.4 Å². The lowest BCUT2D eigenvalue weighted by Crippen LogP contribution is -2.30. The number of hydrogen-bond acceptors (Lipinski definition) is 3. The molecule has 2 aromatic carbocycles. The summed E-state index contributed by atoms with van der Waals surface area (Å²) in [6, 6.07) is 10.9. The maximum atomic E-state index is 12.5. The second kappa shape index (κ2) is 6.22. The van der Waals surface area contributed by atoms with Gasteiger partial charge in [0.2, 0.25) is 0 Å². The molecule has 0 fully saturated rings. The Morgan fingerprint density at radius 2 is 1.87 bits per heavy atom. The maximum Gasteiger partial charge on any atom is 0.280 e. The molecule has 0 aliphatic carbocycles. The lowest BCUT2D eigenvalue weighted by molar-refractivity contribution is 0.916. The number of benzene rings is 2. The molecule has 3 rings (SSSR count). The Hall–Kier alpha value is -2.04. The van der Waals surface area contributed by atoms with Crippen LogP contribution in [0.25, 0.3) is 22.3 Å². The SMILES string of the molecule is CCCc1ccc(-c2nc3c(Cl)cc(Cl)cc3c(=O)n2N)cc1. The van der Waals surface area contributed by atoms with E-state index in [-0.39, 0.29) is 5.56 Å². The fraction of sp³-hybridized carbons (Fsp3) is 0.176. The molecule has 3 aromatic rings. The molecule has 6 heteroatoms. The highest BCUT2D eigenvalue weighted by Gasteiger charge is 2.14. The summed E-state index contributed by atoms with van der Waals surface area (Å²) < 4.78 is 1.03. The average molecular weight is 348 g/mol. The highest BCUT2D eigenvalue weighted by atomic mass is 35.5. The highest BCUT2D eigenvalue weighted by Crippen LogP contribution is 2.26. The topological polar surface area (TPSA) is 60.9 Å². The molecule has 0 aliphatic heterocycles. The molecule has 4 nitrogen and oxygen atoms in total. The first-order chi connectivity index (χ1) is 11.0. The molecule has 1 heterocycles. The zero-order chi connectivity index (χ0) is 16.6. The Balaban J connectivity index is 2.22. The number of nitrogens with zero attached hydrogens (tertiary/aromatic N) is 2. The van der Waals surface area contributed by atoms with Gasteiger partial charge in [0.25, 0.3) is 5.56 Å². The predicted octanol–water partition coefficient (Wildman–Crippen LogP) is 4.04. The van der Waals surface area contributed by atoms with Crippen LogP contribution in [0.4, 0.5) is 0 Å². The van der Waals surface area contributed by atoms with Gasteiger partial charge in [-0.1, -0.05) is 60.8 Å². The molecule has 0 atom stereocenters. The van der Waals surface area contributed by atoms with Crippen molar-refractivity contribution in [2.45, 2.75) is 19.8 Å². The number of fused-ring (bicyclic) bond motifs is 1. The van der Waals surface area contributed by atoms with Gasteiger partial charge in [0.15, 0.2) is 5.82 Å². The number of nitrogen functional groups attached to an aromatic ring is 1. The minimum atomic E-state index is -0.382. The van der Waals surface area contributed by atoms with Crippen molar-refractivity contribution < 1.29 is 0 Å². The minimum Gasteiger partial charge on any atom is -0.334 e. The second-order valence-corrected chi connectivity index (χ2v) is 6.18. The van der Waals surface area contributed by atoms with Crippen LogP contribution < -0.4 is 11.4 Å². The summed E-state index contributed by atoms with van der Waals surface area (Å²) in [5, 5.41) is 1.00. The van der Waals surface area contributed by atoms with E-state index in [9.17, 15) is 4.79 Å². The number of nitrogens with two attached hydrogens (primary N) is 1. The molecule has 0 aliphatic rings. The largest absolute Gasteiger partial charge is 0.334 e. The van der Waals surface area contributed by atoms with Crippen LogP contribution in [0.15, 0.2) is 41.2 Å². The van der Waals surface area contributed by atoms with Gasteiger partial charge in [0, 0.05) is 10.6 Å². The first-order valence-electron chi connectivity index (χ1n) is 7.27. The third-order valence-electron chi connectivity index (χ3n) is 3.67. The summed E-state index contributed by atoms with van der Waals surface area (Å²) in [4.78, 5) is 16.9. The molecule has 0 saturated carbocycles. The summed E-state index contributed by atoms with van der Waals surface area (Å²) in [5.41, 5.74) is 2.01. The summed E-state index contributed by atoms with van der Waals surface area (Å²) >= 11 is 12.1. The summed E-state index contributed by atoms with van der Waals surface area (Å²) in [5.74, 6) is 6.30. The first kappa shape index (κ1) is 15.8. The fourth-order valence-corrected chi connectivity index (χ4v) is 3.08. The highest BCUT2D eigenvalue weighted by molar-refractivity contribution is 6.38. The van der Waals surface area contributed by atoms with Crippen molar-refractivity contribution >= 4 is 34.1 Å². The van der Waals surface area contributed by atoms with Gasteiger partial charge in [0.05, 0.1) is 15.9 Å². The summed E-state index contributed by atoms with van der Waals surface area (Å²) in [6.07, 6.45) is 2.08. The molecule has 118 valence electrons. The molecule has 0 radical (unpaired) electrons. The Bertz CT molecular complexity index is 933. The summed E-state index contributed by atoms with van der Waals surface area (Å²) in [6.45, 7) is 2.13. The van der Waals surface area contributed by atoms with Crippen LogP contribution >= 0.6 is 23.2 Å². The molecule has 0 spiro atoms. The van der Waals surface area contributed by atoms with E-state index < -0.39 is 0 Å². The summed E-state index contributed by atoms with van der Waals surface area (Å²) in [7, 11) is 0. The van der Waals surface area contributed by atoms with Crippen molar-refractivity contribution in [1.82, 2.24) is 9.66 Å². The van der Waals surface area contributed by atoms with Crippen LogP contribution in [0.5, 0.6) is 0 Å². The molecule has 0 bridgehead atoms. The third kappa shape index (κ3) is 2.92. The Morgan fingerprint density at radius 3 is 2.52 bits per heavy atom. The molecule has 0 unspecified atom stereocenters. The van der Waals surface area contributed by atoms with Crippen molar-refractivity contribution in [3.63, 3.8) is 0 Å². The van der Waals surface area contributed by atoms with Gasteiger partial charge < -0.3 is 5.84 Å². The van der Waals surface area contributed by atoms with E-state index >= 15 is 0 Å². The lowest BCUT2D eigenvalue weighted by atomic mass is 10.1. The van der Waals surface area contributed by atoms with E-state index in [1.807, 2.05) is 24.3 Å².